The van der Waals surface area contributed by atoms with Crippen LogP contribution in [0.4, 0.5) is 0 Å². The van der Waals surface area contributed by atoms with E-state index in [0.717, 1.165) is 16.1 Å². The molecule has 0 aliphatic rings. The molecule has 0 radical (unpaired) electrons. The summed E-state index contributed by atoms with van der Waals surface area (Å²) in [6.07, 6.45) is 0. The Bertz CT molecular complexity index is 858. The Labute approximate surface area is 150 Å². The number of carbonyl (C=O) groups excluding carboxylic acids is 1. The predicted molar refractivity (Wildman–Crippen MR) is 99.5 cm³/mol. The minimum absolute atomic E-state index is 0.0743. The van der Waals surface area contributed by atoms with Crippen LogP contribution in [0.5, 0.6) is 0 Å². The number of halogens is 1. The van der Waals surface area contributed by atoms with Gasteiger partial charge in [-0.3, -0.25) is 4.79 Å². The Hall–Kier alpha value is -2.17. The summed E-state index contributed by atoms with van der Waals surface area (Å²) in [5.74, 6) is -0.0743. The molecule has 0 spiro atoms. The summed E-state index contributed by atoms with van der Waals surface area (Å²) >= 11 is 7.37. The molecule has 0 saturated heterocycles. The van der Waals surface area contributed by atoms with Crippen molar-refractivity contribution in [2.24, 2.45) is 0 Å². The maximum absolute atomic E-state index is 12.6. The molecule has 1 aromatic heterocycles. The third kappa shape index (κ3) is 3.66. The van der Waals surface area contributed by atoms with Gasteiger partial charge in [0.1, 0.15) is 10.7 Å². The molecular weight excluding hydrogens is 340 g/mol. The number of rotatable bonds is 4. The number of thiazole rings is 1. The highest BCUT2D eigenvalue weighted by Crippen LogP contribution is 2.25. The Morgan fingerprint density at radius 1 is 1.17 bits per heavy atom. The lowest BCUT2D eigenvalue weighted by Gasteiger charge is -2.17. The van der Waals surface area contributed by atoms with Crippen molar-refractivity contribution in [3.8, 4) is 10.6 Å². The van der Waals surface area contributed by atoms with Crippen molar-refractivity contribution >= 4 is 28.8 Å². The molecule has 122 valence electrons. The van der Waals surface area contributed by atoms with Crippen LogP contribution in [0.15, 0.2) is 53.9 Å². The topological polar surface area (TPSA) is 33.2 Å². The van der Waals surface area contributed by atoms with Crippen LogP contribution in [-0.4, -0.2) is 22.8 Å². The van der Waals surface area contributed by atoms with Crippen LogP contribution in [0, 0.1) is 6.92 Å². The third-order valence-electron chi connectivity index (χ3n) is 3.83. The second-order valence-corrected chi connectivity index (χ2v) is 6.93. The van der Waals surface area contributed by atoms with Gasteiger partial charge in [0.25, 0.3) is 5.91 Å². The molecule has 0 fully saturated rings. The van der Waals surface area contributed by atoms with E-state index in [1.165, 1.54) is 16.9 Å². The fourth-order valence-corrected chi connectivity index (χ4v) is 3.33. The van der Waals surface area contributed by atoms with Crippen LogP contribution >= 0.6 is 22.9 Å². The number of hydrogen-bond donors (Lipinski definition) is 0. The molecule has 3 nitrogen and oxygen atoms in total. The first kappa shape index (κ1) is 16.7. The maximum atomic E-state index is 12.6. The number of carbonyl (C=O) groups is 1. The summed E-state index contributed by atoms with van der Waals surface area (Å²) < 4.78 is 0. The van der Waals surface area contributed by atoms with Gasteiger partial charge in [-0.1, -0.05) is 48.0 Å². The molecule has 5 heteroatoms. The van der Waals surface area contributed by atoms with Gasteiger partial charge >= 0.3 is 0 Å². The van der Waals surface area contributed by atoms with Gasteiger partial charge in [-0.2, -0.15) is 0 Å². The molecular formula is C19H17ClN2OS. The average molecular weight is 357 g/mol. The van der Waals surface area contributed by atoms with Crippen LogP contribution in [0.3, 0.4) is 0 Å². The van der Waals surface area contributed by atoms with Crippen LogP contribution in [-0.2, 0) is 6.54 Å². The van der Waals surface area contributed by atoms with E-state index in [1.54, 1.807) is 17.3 Å². The second kappa shape index (κ2) is 7.16. The van der Waals surface area contributed by atoms with E-state index in [9.17, 15) is 4.79 Å². The number of aromatic nitrogens is 1. The molecule has 3 aromatic rings. The van der Waals surface area contributed by atoms with E-state index in [-0.39, 0.29) is 5.91 Å². The summed E-state index contributed by atoms with van der Waals surface area (Å²) in [7, 11) is 1.80. The van der Waals surface area contributed by atoms with Gasteiger partial charge in [0.15, 0.2) is 0 Å². The lowest BCUT2D eigenvalue weighted by Crippen LogP contribution is -2.26. The number of nitrogens with zero attached hydrogens (tertiary/aromatic N) is 2. The lowest BCUT2D eigenvalue weighted by molar-refractivity contribution is 0.0780. The molecule has 24 heavy (non-hydrogen) atoms. The van der Waals surface area contributed by atoms with Crippen molar-refractivity contribution in [2.45, 2.75) is 13.5 Å². The van der Waals surface area contributed by atoms with Gasteiger partial charge in [-0.15, -0.1) is 11.3 Å². The van der Waals surface area contributed by atoms with Gasteiger partial charge in [0, 0.05) is 29.6 Å². The Morgan fingerprint density at radius 3 is 2.58 bits per heavy atom. The van der Waals surface area contributed by atoms with Gasteiger partial charge < -0.3 is 4.90 Å². The van der Waals surface area contributed by atoms with Gasteiger partial charge in [-0.25, -0.2) is 4.98 Å². The van der Waals surface area contributed by atoms with Crippen LogP contribution < -0.4 is 0 Å². The molecule has 0 atom stereocenters. The van der Waals surface area contributed by atoms with E-state index in [2.05, 4.69) is 18.0 Å². The van der Waals surface area contributed by atoms with Crippen LogP contribution in [0.1, 0.15) is 21.6 Å². The number of hydrogen-bond acceptors (Lipinski definition) is 3. The molecule has 0 saturated carbocycles. The first-order valence-corrected chi connectivity index (χ1v) is 8.82. The van der Waals surface area contributed by atoms with Gasteiger partial charge in [0.05, 0.1) is 0 Å². The molecule has 0 aliphatic heterocycles. The first-order valence-electron chi connectivity index (χ1n) is 7.56. The van der Waals surface area contributed by atoms with Crippen molar-refractivity contribution in [2.75, 3.05) is 7.05 Å². The summed E-state index contributed by atoms with van der Waals surface area (Å²) in [6, 6.07) is 15.5. The lowest BCUT2D eigenvalue weighted by atomic mass is 10.1. The normalized spacial score (nSPS) is 10.6. The van der Waals surface area contributed by atoms with Crippen molar-refractivity contribution in [3.05, 3.63) is 75.8 Å². The van der Waals surface area contributed by atoms with E-state index in [1.807, 2.05) is 42.5 Å². The van der Waals surface area contributed by atoms with E-state index >= 15 is 0 Å². The summed E-state index contributed by atoms with van der Waals surface area (Å²) in [5.41, 5.74) is 3.75. The fraction of sp³-hybridized carbons (Fsp3) is 0.158. The Kier molecular flexibility index (Phi) is 4.97. The third-order valence-corrected chi connectivity index (χ3v) is 4.97. The highest BCUT2D eigenvalue weighted by atomic mass is 35.5. The van der Waals surface area contributed by atoms with Crippen molar-refractivity contribution in [1.82, 2.24) is 9.88 Å². The summed E-state index contributed by atoms with van der Waals surface area (Å²) in [5, 5.41) is 3.31. The predicted octanol–water partition coefficient (Wildman–Crippen LogP) is 5.04. The minimum atomic E-state index is -0.0743. The molecule has 0 aliphatic carbocycles. The quantitative estimate of drug-likeness (QED) is 0.655. The molecule has 0 unspecified atom stereocenters. The van der Waals surface area contributed by atoms with Crippen molar-refractivity contribution in [3.63, 3.8) is 0 Å². The number of benzene rings is 2. The number of aryl methyl sites for hydroxylation is 1. The van der Waals surface area contributed by atoms with E-state index in [4.69, 9.17) is 11.6 Å². The summed E-state index contributed by atoms with van der Waals surface area (Å²) in [6.45, 7) is 2.62. The zero-order valence-corrected chi connectivity index (χ0v) is 15.1. The minimum Gasteiger partial charge on any atom is -0.336 e. The van der Waals surface area contributed by atoms with Crippen molar-refractivity contribution < 1.29 is 4.79 Å². The molecule has 1 heterocycles. The smallest absolute Gasteiger partial charge is 0.273 e. The zero-order chi connectivity index (χ0) is 17.1. The van der Waals surface area contributed by atoms with Crippen LogP contribution in [0.2, 0.25) is 5.02 Å². The molecule has 3 rings (SSSR count). The van der Waals surface area contributed by atoms with E-state index < -0.39 is 0 Å². The second-order valence-electron chi connectivity index (χ2n) is 5.63. The highest BCUT2D eigenvalue weighted by molar-refractivity contribution is 7.13. The highest BCUT2D eigenvalue weighted by Gasteiger charge is 2.17. The Balaban J connectivity index is 1.75. The SMILES string of the molecule is Cc1ccccc1CN(C)C(=O)c1csc(-c2ccc(Cl)cc2)n1. The van der Waals surface area contributed by atoms with Gasteiger partial charge in [-0.05, 0) is 30.2 Å². The first-order chi connectivity index (χ1) is 11.5. The Morgan fingerprint density at radius 2 is 1.88 bits per heavy atom. The van der Waals surface area contributed by atoms with Gasteiger partial charge in [0.2, 0.25) is 0 Å². The summed E-state index contributed by atoms with van der Waals surface area (Å²) in [4.78, 5) is 18.8. The molecule has 2 aromatic carbocycles. The average Bonchev–Trinajstić information content (AvgIpc) is 3.07. The molecule has 1 amide bonds. The van der Waals surface area contributed by atoms with E-state index in [0.29, 0.717) is 17.3 Å². The van der Waals surface area contributed by atoms with Crippen molar-refractivity contribution in [1.29, 1.82) is 0 Å². The molecule has 0 N–H and O–H groups in total. The largest absolute Gasteiger partial charge is 0.336 e. The fourth-order valence-electron chi connectivity index (χ4n) is 2.41. The maximum Gasteiger partial charge on any atom is 0.273 e. The monoisotopic (exact) mass is 356 g/mol. The van der Waals surface area contributed by atoms with Crippen LogP contribution in [0.25, 0.3) is 10.6 Å². The standard InChI is InChI=1S/C19H17ClN2OS/c1-13-5-3-4-6-15(13)11-22(2)19(23)17-12-24-18(21-17)14-7-9-16(20)10-8-14/h3-10,12H,11H2,1-2H3. The molecule has 0 bridgehead atoms. The zero-order valence-electron chi connectivity index (χ0n) is 13.5. The number of amides is 1.